The molecule has 0 radical (unpaired) electrons. The Morgan fingerprint density at radius 2 is 2.33 bits per heavy atom. The van der Waals surface area contributed by atoms with Crippen LogP contribution in [0.2, 0.25) is 0 Å². The summed E-state index contributed by atoms with van der Waals surface area (Å²) in [7, 11) is 0. The van der Waals surface area contributed by atoms with Gasteiger partial charge in [-0.25, -0.2) is 0 Å². The maximum absolute atomic E-state index is 8.70. The van der Waals surface area contributed by atoms with Gasteiger partial charge in [0, 0.05) is 19.2 Å². The molecule has 1 aliphatic heterocycles. The highest BCUT2D eigenvalue weighted by Crippen LogP contribution is 2.17. The Hall–Kier alpha value is -0.340. The topological polar surface area (TPSA) is 23.5 Å². The van der Waals surface area contributed by atoms with E-state index >= 15 is 0 Å². The molecule has 0 aromatic heterocycles. The van der Waals surface area contributed by atoms with E-state index < -0.39 is 0 Å². The average Bonchev–Trinajstić information content (AvgIpc) is 2.15. The molecule has 1 atom stereocenters. The zero-order valence-electron chi connectivity index (χ0n) is 7.71. The van der Waals surface area contributed by atoms with Crippen LogP contribution in [0.3, 0.4) is 0 Å². The molecule has 0 aromatic rings. The van der Waals surface area contributed by atoms with Gasteiger partial charge in [0.1, 0.15) is 0 Å². The van der Waals surface area contributed by atoms with Gasteiger partial charge in [0.15, 0.2) is 0 Å². The maximum atomic E-state index is 8.70. The Balaban J connectivity index is 2.31. The smallest absolute Gasteiger partial charge is 0.0443 e. The quantitative estimate of drug-likeness (QED) is 0.643. The molecule has 12 heavy (non-hydrogen) atoms. The lowest BCUT2D eigenvalue weighted by atomic mass is 10.0. The molecule has 0 spiro atoms. The van der Waals surface area contributed by atoms with Crippen molar-refractivity contribution in [2.45, 2.75) is 31.7 Å². The zero-order valence-corrected chi connectivity index (χ0v) is 7.71. The molecule has 2 nitrogen and oxygen atoms in total. The Bertz CT molecular complexity index is 136. The van der Waals surface area contributed by atoms with Crippen LogP contribution >= 0.6 is 0 Å². The van der Waals surface area contributed by atoms with E-state index in [1.54, 1.807) is 0 Å². The summed E-state index contributed by atoms with van der Waals surface area (Å²) in [5, 5.41) is 8.70. The molecule has 70 valence electrons. The van der Waals surface area contributed by atoms with Crippen molar-refractivity contribution in [3.63, 3.8) is 0 Å². The van der Waals surface area contributed by atoms with Crippen LogP contribution in [0.5, 0.6) is 0 Å². The normalized spacial score (nSPS) is 25.6. The first-order valence-corrected chi connectivity index (χ1v) is 4.86. The Morgan fingerprint density at radius 1 is 1.50 bits per heavy atom. The van der Waals surface area contributed by atoms with E-state index in [9.17, 15) is 0 Å². The molecule has 1 N–H and O–H groups in total. The molecule has 0 unspecified atom stereocenters. The van der Waals surface area contributed by atoms with Crippen molar-refractivity contribution in [3.05, 3.63) is 12.7 Å². The van der Waals surface area contributed by atoms with Crippen molar-refractivity contribution < 1.29 is 5.11 Å². The van der Waals surface area contributed by atoms with Crippen molar-refractivity contribution in [1.82, 2.24) is 4.90 Å². The Morgan fingerprint density at radius 3 is 3.00 bits per heavy atom. The number of nitrogens with zero attached hydrogens (tertiary/aromatic N) is 1. The van der Waals surface area contributed by atoms with E-state index in [1.807, 2.05) is 6.08 Å². The van der Waals surface area contributed by atoms with Crippen molar-refractivity contribution in [2.75, 3.05) is 19.7 Å². The second-order valence-electron chi connectivity index (χ2n) is 3.41. The summed E-state index contributed by atoms with van der Waals surface area (Å²) in [5.74, 6) is 0. The van der Waals surface area contributed by atoms with Gasteiger partial charge in [0.05, 0.1) is 0 Å². The third kappa shape index (κ3) is 2.61. The molecule has 1 aliphatic rings. The maximum Gasteiger partial charge on any atom is 0.0443 e. The predicted molar refractivity (Wildman–Crippen MR) is 51.1 cm³/mol. The largest absolute Gasteiger partial charge is 0.396 e. The van der Waals surface area contributed by atoms with Crippen LogP contribution in [0.1, 0.15) is 25.7 Å². The van der Waals surface area contributed by atoms with Gasteiger partial charge in [-0.3, -0.25) is 4.90 Å². The number of aliphatic hydroxyl groups is 1. The summed E-state index contributed by atoms with van der Waals surface area (Å²) < 4.78 is 0. The summed E-state index contributed by atoms with van der Waals surface area (Å²) in [6.45, 7) is 6.34. The molecular formula is C10H19NO. The lowest BCUT2D eigenvalue weighted by Crippen LogP contribution is -2.38. The number of piperidine rings is 1. The minimum atomic E-state index is 0.306. The number of aliphatic hydroxyl groups excluding tert-OH is 1. The van der Waals surface area contributed by atoms with E-state index in [1.165, 1.54) is 25.8 Å². The first kappa shape index (κ1) is 9.75. The lowest BCUT2D eigenvalue weighted by Gasteiger charge is -2.33. The molecule has 1 fully saturated rings. The standard InChI is InChI=1S/C10H19NO/c1-2-10-6-3-4-7-11(10)8-5-9-12/h2,10,12H,1,3-9H2/t10-/m0/s1. The van der Waals surface area contributed by atoms with Crippen molar-refractivity contribution in [1.29, 1.82) is 0 Å². The van der Waals surface area contributed by atoms with Crippen LogP contribution < -0.4 is 0 Å². The highest BCUT2D eigenvalue weighted by molar-refractivity contribution is 4.90. The fraction of sp³-hybridized carbons (Fsp3) is 0.800. The number of hydrogen-bond acceptors (Lipinski definition) is 2. The van der Waals surface area contributed by atoms with Crippen molar-refractivity contribution in [3.8, 4) is 0 Å². The average molecular weight is 169 g/mol. The number of hydrogen-bond donors (Lipinski definition) is 1. The minimum Gasteiger partial charge on any atom is -0.396 e. The van der Waals surface area contributed by atoms with E-state index in [-0.39, 0.29) is 0 Å². The van der Waals surface area contributed by atoms with Gasteiger partial charge in [0.25, 0.3) is 0 Å². The molecule has 0 aliphatic carbocycles. The van der Waals surface area contributed by atoms with Gasteiger partial charge in [-0.05, 0) is 25.8 Å². The summed E-state index contributed by atoms with van der Waals surface area (Å²) in [6.07, 6.45) is 6.80. The van der Waals surface area contributed by atoms with Crippen LogP contribution in [-0.4, -0.2) is 35.7 Å². The highest BCUT2D eigenvalue weighted by Gasteiger charge is 2.18. The van der Waals surface area contributed by atoms with E-state index in [2.05, 4.69) is 11.5 Å². The molecule has 0 bridgehead atoms. The summed E-state index contributed by atoms with van der Waals surface area (Å²) >= 11 is 0. The number of likely N-dealkylation sites (tertiary alicyclic amines) is 1. The highest BCUT2D eigenvalue weighted by atomic mass is 16.3. The van der Waals surface area contributed by atoms with Gasteiger partial charge < -0.3 is 5.11 Å². The zero-order chi connectivity index (χ0) is 8.81. The fourth-order valence-corrected chi connectivity index (χ4v) is 1.84. The molecule has 2 heteroatoms. The van der Waals surface area contributed by atoms with Crippen molar-refractivity contribution >= 4 is 0 Å². The molecule has 0 amide bonds. The van der Waals surface area contributed by atoms with E-state index in [0.717, 1.165) is 13.0 Å². The second-order valence-corrected chi connectivity index (χ2v) is 3.41. The molecule has 1 heterocycles. The van der Waals surface area contributed by atoms with Crippen LogP contribution in [0, 0.1) is 0 Å². The van der Waals surface area contributed by atoms with Crippen LogP contribution in [0.15, 0.2) is 12.7 Å². The summed E-state index contributed by atoms with van der Waals surface area (Å²) in [5.41, 5.74) is 0. The first-order chi connectivity index (χ1) is 5.88. The predicted octanol–water partition coefficient (Wildman–Crippen LogP) is 1.41. The Kier molecular flexibility index (Phi) is 4.33. The Labute approximate surface area is 74.9 Å². The molecule has 1 saturated heterocycles. The van der Waals surface area contributed by atoms with E-state index in [0.29, 0.717) is 12.6 Å². The fourth-order valence-electron chi connectivity index (χ4n) is 1.84. The first-order valence-electron chi connectivity index (χ1n) is 4.86. The third-order valence-corrected chi connectivity index (χ3v) is 2.54. The minimum absolute atomic E-state index is 0.306. The monoisotopic (exact) mass is 169 g/mol. The molecule has 0 saturated carbocycles. The van der Waals surface area contributed by atoms with Crippen molar-refractivity contribution in [2.24, 2.45) is 0 Å². The molecule has 1 rings (SSSR count). The van der Waals surface area contributed by atoms with Gasteiger partial charge in [-0.2, -0.15) is 0 Å². The number of rotatable bonds is 4. The van der Waals surface area contributed by atoms with Crippen LogP contribution in [0.4, 0.5) is 0 Å². The van der Waals surface area contributed by atoms with Crippen LogP contribution in [0.25, 0.3) is 0 Å². The summed E-state index contributed by atoms with van der Waals surface area (Å²) in [6, 6.07) is 0.560. The van der Waals surface area contributed by atoms with Gasteiger partial charge in [0.2, 0.25) is 0 Å². The van der Waals surface area contributed by atoms with E-state index in [4.69, 9.17) is 5.11 Å². The second kappa shape index (κ2) is 5.33. The van der Waals surface area contributed by atoms with Crippen LogP contribution in [-0.2, 0) is 0 Å². The molecular weight excluding hydrogens is 150 g/mol. The third-order valence-electron chi connectivity index (χ3n) is 2.54. The summed E-state index contributed by atoms with van der Waals surface area (Å²) in [4.78, 5) is 2.42. The van der Waals surface area contributed by atoms with Gasteiger partial charge >= 0.3 is 0 Å². The van der Waals surface area contributed by atoms with Gasteiger partial charge in [-0.1, -0.05) is 12.5 Å². The lowest BCUT2D eigenvalue weighted by molar-refractivity contribution is 0.161. The SMILES string of the molecule is C=C[C@H]1CCCCN1CCCO. The molecule has 0 aromatic carbocycles. The van der Waals surface area contributed by atoms with Gasteiger partial charge in [-0.15, -0.1) is 6.58 Å².